The highest BCUT2D eigenvalue weighted by Gasteiger charge is 1.85. The largest absolute Gasteiger partial charge is 0.376 e. The van der Waals surface area contributed by atoms with Crippen molar-refractivity contribution in [2.75, 3.05) is 5.75 Å². The molecule has 0 heterocycles. The van der Waals surface area contributed by atoms with Crippen LogP contribution >= 0.6 is 11.8 Å². The maximum Gasteiger partial charge on any atom is 0.191 e. The Kier molecular flexibility index (Phi) is 3.78. The molecule has 0 bridgehead atoms. The highest BCUT2D eigenvalue weighted by molar-refractivity contribution is 8.13. The van der Waals surface area contributed by atoms with Crippen LogP contribution in [0.1, 0.15) is 6.92 Å². The molecule has 0 aliphatic heterocycles. The highest BCUT2D eigenvalue weighted by atomic mass is 32.2. The lowest BCUT2D eigenvalue weighted by Crippen LogP contribution is -2.04. The van der Waals surface area contributed by atoms with Gasteiger partial charge in [-0.15, -0.1) is 0 Å². The predicted octanol–water partition coefficient (Wildman–Crippen LogP) is 0.939. The van der Waals surface area contributed by atoms with Gasteiger partial charge in [-0.25, -0.2) is 0 Å². The normalized spacial score (nSPS) is 12.0. The molecule has 4 heteroatoms. The van der Waals surface area contributed by atoms with Crippen LogP contribution in [0.25, 0.3) is 0 Å². The summed E-state index contributed by atoms with van der Waals surface area (Å²) in [4.78, 5) is 0. The van der Waals surface area contributed by atoms with Crippen molar-refractivity contribution in [2.24, 2.45) is 10.9 Å². The fourth-order valence-electron chi connectivity index (χ4n) is 0.172. The lowest BCUT2D eigenvalue weighted by Gasteiger charge is -1.86. The predicted molar refractivity (Wildman–Crippen MR) is 30.9 cm³/mol. The molecule has 0 spiro atoms. The molecular weight excluding hydrogens is 115 g/mol. The first-order valence-corrected chi connectivity index (χ1v) is 2.87. The van der Waals surface area contributed by atoms with Gasteiger partial charge in [-0.2, -0.15) is 0 Å². The van der Waals surface area contributed by atoms with E-state index in [4.69, 9.17) is 5.73 Å². The molecule has 2 N–H and O–H groups in total. The smallest absolute Gasteiger partial charge is 0.191 e. The number of hydrogen-bond acceptors (Lipinski definition) is 2. The summed E-state index contributed by atoms with van der Waals surface area (Å²) < 4.78 is 11.0. The fourth-order valence-corrected chi connectivity index (χ4v) is 0.517. The van der Waals surface area contributed by atoms with Crippen LogP contribution in [-0.2, 0) is 0 Å². The van der Waals surface area contributed by atoms with E-state index >= 15 is 0 Å². The first-order valence-electron chi connectivity index (χ1n) is 1.88. The standard InChI is InChI=1S/C3H7FN2S/c1-2-7-3(5)6-4/h2H2,1H3,(H2,5,6). The maximum absolute atomic E-state index is 11.0. The Morgan fingerprint density at radius 1 is 2.00 bits per heavy atom. The molecule has 0 saturated carbocycles. The molecule has 0 aliphatic carbocycles. The van der Waals surface area contributed by atoms with Gasteiger partial charge in [0.2, 0.25) is 0 Å². The second kappa shape index (κ2) is 3.92. The van der Waals surface area contributed by atoms with Gasteiger partial charge in [-0.3, -0.25) is 0 Å². The third-order valence-electron chi connectivity index (χ3n) is 0.376. The van der Waals surface area contributed by atoms with Crippen molar-refractivity contribution >= 4 is 16.9 Å². The first kappa shape index (κ1) is 6.75. The monoisotopic (exact) mass is 122 g/mol. The number of nitrogens with zero attached hydrogens (tertiary/aromatic N) is 1. The third kappa shape index (κ3) is 3.58. The van der Waals surface area contributed by atoms with Crippen LogP contribution in [0.4, 0.5) is 4.48 Å². The van der Waals surface area contributed by atoms with E-state index in [2.05, 4.69) is 5.21 Å². The van der Waals surface area contributed by atoms with E-state index in [0.717, 1.165) is 5.75 Å². The van der Waals surface area contributed by atoms with Gasteiger partial charge < -0.3 is 5.73 Å². The number of amidine groups is 1. The number of hydrogen-bond donors (Lipinski definition) is 1. The van der Waals surface area contributed by atoms with E-state index in [1.54, 1.807) is 0 Å². The Morgan fingerprint density at radius 3 is 2.71 bits per heavy atom. The average molecular weight is 122 g/mol. The van der Waals surface area contributed by atoms with E-state index in [1.165, 1.54) is 11.8 Å². The summed E-state index contributed by atoms with van der Waals surface area (Å²) in [7, 11) is 0. The molecule has 0 amide bonds. The number of nitrogens with two attached hydrogens (primary N) is 1. The average Bonchev–Trinajstić information content (AvgIpc) is 1.68. The second-order valence-electron chi connectivity index (χ2n) is 0.856. The first-order chi connectivity index (χ1) is 3.31. The quantitative estimate of drug-likeness (QED) is 0.415. The molecule has 0 atom stereocenters. The number of halogens is 1. The van der Waals surface area contributed by atoms with Crippen molar-refractivity contribution in [1.29, 1.82) is 0 Å². The van der Waals surface area contributed by atoms with Gasteiger partial charge >= 0.3 is 0 Å². The van der Waals surface area contributed by atoms with Crippen molar-refractivity contribution in [1.82, 2.24) is 0 Å². The Bertz CT molecular complexity index is 73.3. The molecule has 0 radical (unpaired) electrons. The summed E-state index contributed by atoms with van der Waals surface area (Å²) in [6.07, 6.45) is 0. The topological polar surface area (TPSA) is 38.4 Å². The molecule has 0 aromatic heterocycles. The van der Waals surface area contributed by atoms with Crippen molar-refractivity contribution in [3.63, 3.8) is 0 Å². The van der Waals surface area contributed by atoms with Gasteiger partial charge in [0.05, 0.1) is 0 Å². The molecule has 0 aromatic rings. The minimum atomic E-state index is 0.00231. The Labute approximate surface area is 45.9 Å². The van der Waals surface area contributed by atoms with E-state index < -0.39 is 0 Å². The molecule has 0 rings (SSSR count). The number of rotatable bonds is 1. The summed E-state index contributed by atoms with van der Waals surface area (Å²) in [5.74, 6) is 0.763. The minimum absolute atomic E-state index is 0.00231. The van der Waals surface area contributed by atoms with Crippen molar-refractivity contribution < 1.29 is 4.48 Å². The molecular formula is C3H7FN2S. The molecule has 0 fully saturated rings. The third-order valence-corrected chi connectivity index (χ3v) is 1.03. The van der Waals surface area contributed by atoms with E-state index in [0.29, 0.717) is 0 Å². The van der Waals surface area contributed by atoms with Gasteiger partial charge in [0.1, 0.15) is 0 Å². The lowest BCUT2D eigenvalue weighted by molar-refractivity contribution is 0.539. The Hall–Kier alpha value is -0.250. The zero-order valence-corrected chi connectivity index (χ0v) is 4.83. The van der Waals surface area contributed by atoms with Crippen LogP contribution in [-0.4, -0.2) is 10.9 Å². The molecule has 2 nitrogen and oxygen atoms in total. The molecule has 7 heavy (non-hydrogen) atoms. The molecule has 0 saturated heterocycles. The van der Waals surface area contributed by atoms with Crippen molar-refractivity contribution in [3.05, 3.63) is 0 Å². The van der Waals surface area contributed by atoms with Gasteiger partial charge in [0, 0.05) is 0 Å². The summed E-state index contributed by atoms with van der Waals surface area (Å²) in [5, 5.41) is 2.24. The van der Waals surface area contributed by atoms with E-state index in [-0.39, 0.29) is 5.17 Å². The molecule has 0 unspecified atom stereocenters. The Balaban J connectivity index is 3.17. The van der Waals surface area contributed by atoms with E-state index in [1.807, 2.05) is 6.92 Å². The summed E-state index contributed by atoms with van der Waals surface area (Å²) in [6, 6.07) is 0. The summed E-state index contributed by atoms with van der Waals surface area (Å²) in [6.45, 7) is 1.88. The van der Waals surface area contributed by atoms with Crippen LogP contribution in [0.3, 0.4) is 0 Å². The fraction of sp³-hybridized carbons (Fsp3) is 0.667. The highest BCUT2D eigenvalue weighted by Crippen LogP contribution is 1.96. The van der Waals surface area contributed by atoms with E-state index in [9.17, 15) is 4.48 Å². The zero-order chi connectivity index (χ0) is 5.70. The van der Waals surface area contributed by atoms with Gasteiger partial charge in [0.25, 0.3) is 0 Å². The minimum Gasteiger partial charge on any atom is -0.376 e. The Morgan fingerprint density at radius 2 is 2.57 bits per heavy atom. The van der Waals surface area contributed by atoms with Gasteiger partial charge in [-0.05, 0) is 5.75 Å². The molecule has 0 aromatic carbocycles. The van der Waals surface area contributed by atoms with Crippen LogP contribution in [0.2, 0.25) is 0 Å². The SMILES string of the molecule is CCS/C(N)=N\F. The lowest BCUT2D eigenvalue weighted by atomic mass is 11.0. The van der Waals surface area contributed by atoms with Crippen LogP contribution in [0, 0.1) is 0 Å². The maximum atomic E-state index is 11.0. The molecule has 0 aliphatic rings. The summed E-state index contributed by atoms with van der Waals surface area (Å²) in [5.41, 5.74) is 4.92. The van der Waals surface area contributed by atoms with Crippen LogP contribution in [0.5, 0.6) is 0 Å². The van der Waals surface area contributed by atoms with Crippen LogP contribution < -0.4 is 5.73 Å². The summed E-state index contributed by atoms with van der Waals surface area (Å²) >= 11 is 1.18. The van der Waals surface area contributed by atoms with Crippen molar-refractivity contribution in [3.8, 4) is 0 Å². The zero-order valence-electron chi connectivity index (χ0n) is 4.02. The molecule has 42 valence electrons. The van der Waals surface area contributed by atoms with Crippen molar-refractivity contribution in [2.45, 2.75) is 6.92 Å². The van der Waals surface area contributed by atoms with Gasteiger partial charge in [0.15, 0.2) is 5.17 Å². The number of thioether (sulfide) groups is 1. The van der Waals surface area contributed by atoms with Gasteiger partial charge in [-0.1, -0.05) is 28.4 Å². The van der Waals surface area contributed by atoms with Crippen LogP contribution in [0.15, 0.2) is 5.21 Å². The second-order valence-corrected chi connectivity index (χ2v) is 2.14.